The van der Waals surface area contributed by atoms with Crippen molar-refractivity contribution >= 4 is 17.9 Å². The normalized spacial score (nSPS) is 27.0. The van der Waals surface area contributed by atoms with Crippen LogP contribution in [0, 0.1) is 11.8 Å². The van der Waals surface area contributed by atoms with Crippen LogP contribution < -0.4 is 0 Å². The van der Waals surface area contributed by atoms with Gasteiger partial charge in [0.15, 0.2) is 0 Å². The average Bonchev–Trinajstić information content (AvgIpc) is 3.38. The third-order valence-electron chi connectivity index (χ3n) is 4.41. The number of carboxylic acid groups (broad SMARTS) is 1. The molecule has 7 heteroatoms. The van der Waals surface area contributed by atoms with Crippen molar-refractivity contribution in [1.29, 1.82) is 0 Å². The van der Waals surface area contributed by atoms with Crippen molar-refractivity contribution in [1.82, 2.24) is 0 Å². The van der Waals surface area contributed by atoms with Crippen LogP contribution in [-0.2, 0) is 28.6 Å². The monoisotopic (exact) mass is 340 g/mol. The van der Waals surface area contributed by atoms with Gasteiger partial charge in [-0.3, -0.25) is 9.59 Å². The van der Waals surface area contributed by atoms with Gasteiger partial charge in [-0.05, 0) is 19.8 Å². The minimum absolute atomic E-state index is 0.0938. The van der Waals surface area contributed by atoms with E-state index in [4.69, 9.17) is 14.2 Å². The molecular weight excluding hydrogens is 316 g/mol. The summed E-state index contributed by atoms with van der Waals surface area (Å²) in [5.74, 6) is -3.24. The molecule has 0 aromatic carbocycles. The van der Waals surface area contributed by atoms with Crippen LogP contribution in [0.2, 0.25) is 0 Å². The van der Waals surface area contributed by atoms with E-state index in [1.807, 2.05) is 0 Å². The summed E-state index contributed by atoms with van der Waals surface area (Å²) < 4.78 is 15.7. The second kappa shape index (κ2) is 8.28. The smallest absolute Gasteiger partial charge is 0.333 e. The van der Waals surface area contributed by atoms with Gasteiger partial charge in [-0.2, -0.15) is 0 Å². The van der Waals surface area contributed by atoms with Gasteiger partial charge in [-0.15, -0.1) is 0 Å². The van der Waals surface area contributed by atoms with E-state index in [9.17, 15) is 19.5 Å². The molecule has 1 aliphatic carbocycles. The summed E-state index contributed by atoms with van der Waals surface area (Å²) in [6.07, 6.45) is 2.25. The number of esters is 2. The van der Waals surface area contributed by atoms with Crippen molar-refractivity contribution in [3.8, 4) is 0 Å². The van der Waals surface area contributed by atoms with E-state index >= 15 is 0 Å². The van der Waals surface area contributed by atoms with Crippen LogP contribution in [0.15, 0.2) is 12.2 Å². The molecule has 0 amide bonds. The summed E-state index contributed by atoms with van der Waals surface area (Å²) in [5.41, 5.74) is 0.303. The molecule has 0 aromatic rings. The van der Waals surface area contributed by atoms with Gasteiger partial charge in [-0.1, -0.05) is 19.4 Å². The molecule has 0 spiro atoms. The molecule has 2 rings (SSSR count). The van der Waals surface area contributed by atoms with E-state index in [1.54, 1.807) is 6.92 Å². The zero-order valence-electron chi connectivity index (χ0n) is 13.9. The van der Waals surface area contributed by atoms with E-state index in [2.05, 4.69) is 6.58 Å². The maximum Gasteiger partial charge on any atom is 0.333 e. The number of rotatable bonds is 8. The summed E-state index contributed by atoms with van der Waals surface area (Å²) in [6.45, 7) is 5.63. The van der Waals surface area contributed by atoms with Crippen molar-refractivity contribution in [3.05, 3.63) is 12.2 Å². The SMILES string of the molecule is C=C(C)C(=O)OCCC(OC(=O)C1CCCCC1C(=O)O)C1CO1. The first-order chi connectivity index (χ1) is 11.4. The molecule has 4 atom stereocenters. The quantitative estimate of drug-likeness (QED) is 0.407. The van der Waals surface area contributed by atoms with E-state index in [0.29, 0.717) is 31.4 Å². The van der Waals surface area contributed by atoms with Gasteiger partial charge in [0.25, 0.3) is 0 Å². The van der Waals surface area contributed by atoms with Crippen LogP contribution >= 0.6 is 0 Å². The first-order valence-electron chi connectivity index (χ1n) is 8.27. The zero-order chi connectivity index (χ0) is 17.7. The second-order valence-electron chi connectivity index (χ2n) is 6.39. The van der Waals surface area contributed by atoms with E-state index in [0.717, 1.165) is 12.8 Å². The van der Waals surface area contributed by atoms with Gasteiger partial charge in [0.2, 0.25) is 0 Å². The molecule has 2 aliphatic rings. The fourth-order valence-corrected chi connectivity index (χ4v) is 2.93. The number of carbonyl (C=O) groups is 3. The molecule has 1 N–H and O–H groups in total. The standard InChI is InChI=1S/C17H24O7/c1-10(2)16(20)22-8-7-13(14-9-23-14)24-17(21)12-6-4-3-5-11(12)15(18)19/h11-14H,1,3-9H2,2H3,(H,18,19). The lowest BCUT2D eigenvalue weighted by Gasteiger charge is -2.28. The topological polar surface area (TPSA) is 102 Å². The predicted octanol–water partition coefficient (Wildman–Crippen LogP) is 1.70. The third kappa shape index (κ3) is 5.06. The number of carboxylic acids is 1. The molecule has 0 aromatic heterocycles. The van der Waals surface area contributed by atoms with Crippen LogP contribution in [0.4, 0.5) is 0 Å². The number of aliphatic carboxylic acids is 1. The molecule has 1 aliphatic heterocycles. The van der Waals surface area contributed by atoms with Gasteiger partial charge in [0.1, 0.15) is 12.2 Å². The Morgan fingerprint density at radius 3 is 2.42 bits per heavy atom. The van der Waals surface area contributed by atoms with Crippen molar-refractivity contribution in [2.24, 2.45) is 11.8 Å². The van der Waals surface area contributed by atoms with Crippen molar-refractivity contribution in [2.45, 2.75) is 51.2 Å². The number of epoxide rings is 1. The van der Waals surface area contributed by atoms with Gasteiger partial charge < -0.3 is 19.3 Å². The fourth-order valence-electron chi connectivity index (χ4n) is 2.93. The van der Waals surface area contributed by atoms with E-state index in [1.165, 1.54) is 0 Å². The highest BCUT2D eigenvalue weighted by Crippen LogP contribution is 2.32. The van der Waals surface area contributed by atoms with Crippen molar-refractivity contribution in [3.63, 3.8) is 0 Å². The molecule has 0 radical (unpaired) electrons. The lowest BCUT2D eigenvalue weighted by molar-refractivity contribution is -0.165. The Hall–Kier alpha value is -1.89. The Bertz CT molecular complexity index is 509. The largest absolute Gasteiger partial charge is 0.481 e. The van der Waals surface area contributed by atoms with Crippen molar-refractivity contribution in [2.75, 3.05) is 13.2 Å². The first-order valence-corrected chi connectivity index (χ1v) is 8.27. The van der Waals surface area contributed by atoms with Crippen LogP contribution in [0.25, 0.3) is 0 Å². The second-order valence-corrected chi connectivity index (χ2v) is 6.39. The Morgan fingerprint density at radius 1 is 1.25 bits per heavy atom. The number of ether oxygens (including phenoxy) is 3. The summed E-state index contributed by atoms with van der Waals surface area (Å²) in [5, 5.41) is 9.27. The summed E-state index contributed by atoms with van der Waals surface area (Å²) in [4.78, 5) is 35.1. The molecule has 24 heavy (non-hydrogen) atoms. The Morgan fingerprint density at radius 2 is 1.88 bits per heavy atom. The molecule has 1 saturated carbocycles. The van der Waals surface area contributed by atoms with Gasteiger partial charge in [0.05, 0.1) is 25.0 Å². The number of carbonyl (C=O) groups excluding carboxylic acids is 2. The molecule has 2 fully saturated rings. The highest BCUT2D eigenvalue weighted by Gasteiger charge is 2.41. The Labute approximate surface area is 140 Å². The van der Waals surface area contributed by atoms with Crippen molar-refractivity contribution < 1.29 is 33.7 Å². The minimum atomic E-state index is -0.953. The Kier molecular flexibility index (Phi) is 6.36. The number of hydrogen-bond acceptors (Lipinski definition) is 6. The number of hydrogen-bond donors (Lipinski definition) is 1. The predicted molar refractivity (Wildman–Crippen MR) is 83.1 cm³/mol. The molecule has 0 bridgehead atoms. The summed E-state index contributed by atoms with van der Waals surface area (Å²) in [7, 11) is 0. The van der Waals surface area contributed by atoms with Gasteiger partial charge in [-0.25, -0.2) is 4.79 Å². The molecule has 4 unspecified atom stereocenters. The first kappa shape index (κ1) is 18.4. The van der Waals surface area contributed by atoms with Crippen LogP contribution in [0.3, 0.4) is 0 Å². The Balaban J connectivity index is 1.87. The van der Waals surface area contributed by atoms with Crippen LogP contribution in [0.1, 0.15) is 39.0 Å². The lowest BCUT2D eigenvalue weighted by atomic mass is 9.79. The maximum atomic E-state index is 12.4. The van der Waals surface area contributed by atoms with Crippen LogP contribution in [0.5, 0.6) is 0 Å². The average molecular weight is 340 g/mol. The fraction of sp³-hybridized carbons (Fsp3) is 0.706. The van der Waals surface area contributed by atoms with Crippen LogP contribution in [-0.4, -0.2) is 48.4 Å². The summed E-state index contributed by atoms with van der Waals surface area (Å²) in [6, 6.07) is 0. The molecule has 1 heterocycles. The molecule has 7 nitrogen and oxygen atoms in total. The molecule has 1 saturated heterocycles. The minimum Gasteiger partial charge on any atom is -0.481 e. The van der Waals surface area contributed by atoms with Gasteiger partial charge >= 0.3 is 17.9 Å². The maximum absolute atomic E-state index is 12.4. The summed E-state index contributed by atoms with van der Waals surface area (Å²) >= 11 is 0. The van der Waals surface area contributed by atoms with E-state index < -0.39 is 35.8 Å². The van der Waals surface area contributed by atoms with E-state index in [-0.39, 0.29) is 12.7 Å². The lowest BCUT2D eigenvalue weighted by Crippen LogP contribution is -2.37. The molecular formula is C17H24O7. The van der Waals surface area contributed by atoms with Gasteiger partial charge in [0, 0.05) is 12.0 Å². The third-order valence-corrected chi connectivity index (χ3v) is 4.41. The zero-order valence-corrected chi connectivity index (χ0v) is 13.9. The highest BCUT2D eigenvalue weighted by molar-refractivity contribution is 5.86. The highest BCUT2D eigenvalue weighted by atomic mass is 16.6. The molecule has 134 valence electrons.